The number of nitrogens with zero attached hydrogens (tertiary/aromatic N) is 2. The summed E-state index contributed by atoms with van der Waals surface area (Å²) in [4.78, 5) is 11.8. The fraction of sp³-hybridized carbons (Fsp3) is 0.344. The maximum absolute atomic E-state index is 5.39. The monoisotopic (exact) mass is 478 g/mol. The second-order valence-electron chi connectivity index (χ2n) is 9.95. The van der Waals surface area contributed by atoms with Gasteiger partial charge < -0.3 is 10.3 Å². The van der Waals surface area contributed by atoms with Crippen molar-refractivity contribution in [2.45, 2.75) is 45.1 Å². The van der Waals surface area contributed by atoms with Gasteiger partial charge in [0.15, 0.2) is 0 Å². The van der Waals surface area contributed by atoms with Crippen LogP contribution in [0.25, 0.3) is 11.4 Å². The number of benzene rings is 3. The van der Waals surface area contributed by atoms with Gasteiger partial charge in [-0.05, 0) is 30.9 Å². The third kappa shape index (κ3) is 5.45. The molecule has 0 radical (unpaired) electrons. The molecule has 2 heterocycles. The molecule has 0 bridgehead atoms. The highest BCUT2D eigenvalue weighted by molar-refractivity contribution is 5.57. The lowest BCUT2D eigenvalue weighted by atomic mass is 9.81. The predicted octanol–water partition coefficient (Wildman–Crippen LogP) is 6.51. The first-order chi connectivity index (χ1) is 17.7. The first-order valence-electron chi connectivity index (χ1n) is 13.4. The molecule has 2 N–H and O–H groups in total. The highest BCUT2D eigenvalue weighted by Gasteiger charge is 2.35. The molecule has 1 atom stereocenters. The summed E-state index contributed by atoms with van der Waals surface area (Å²) in [5.74, 6) is 1.18. The maximum Gasteiger partial charge on any atom is 0.137 e. The highest BCUT2D eigenvalue weighted by atomic mass is 15.2. The SMILES string of the molecule is CCCCc1[nH]c(-c2ccc(C)cc2)nc1C(C(c1ccccc1)c1ccccc1)N1CCNCC1. The molecule has 36 heavy (non-hydrogen) atoms. The summed E-state index contributed by atoms with van der Waals surface area (Å²) in [5, 5.41) is 3.55. The first-order valence-corrected chi connectivity index (χ1v) is 13.4. The van der Waals surface area contributed by atoms with Crippen LogP contribution in [0, 0.1) is 6.92 Å². The van der Waals surface area contributed by atoms with E-state index in [1.54, 1.807) is 0 Å². The molecule has 4 aromatic rings. The zero-order valence-electron chi connectivity index (χ0n) is 21.6. The molecule has 4 nitrogen and oxygen atoms in total. The summed E-state index contributed by atoms with van der Waals surface area (Å²) < 4.78 is 0. The molecular formula is C32H38N4. The van der Waals surface area contributed by atoms with Crippen molar-refractivity contribution in [1.82, 2.24) is 20.2 Å². The van der Waals surface area contributed by atoms with Crippen LogP contribution >= 0.6 is 0 Å². The van der Waals surface area contributed by atoms with Crippen LogP contribution in [-0.4, -0.2) is 41.0 Å². The normalized spacial score (nSPS) is 15.3. The van der Waals surface area contributed by atoms with Crippen molar-refractivity contribution in [3.63, 3.8) is 0 Å². The van der Waals surface area contributed by atoms with Crippen molar-refractivity contribution in [3.05, 3.63) is 113 Å². The smallest absolute Gasteiger partial charge is 0.137 e. The fourth-order valence-corrected chi connectivity index (χ4v) is 5.44. The summed E-state index contributed by atoms with van der Waals surface area (Å²) in [6.07, 6.45) is 3.33. The second kappa shape index (κ2) is 11.7. The number of imidazole rings is 1. The maximum atomic E-state index is 5.39. The number of hydrogen-bond donors (Lipinski definition) is 2. The minimum absolute atomic E-state index is 0.152. The average Bonchev–Trinajstić information content (AvgIpc) is 3.35. The standard InChI is InChI=1S/C32H38N4/c1-3-4-15-28-30(35-32(34-28)27-18-16-24(2)17-19-27)31(36-22-20-33-21-23-36)29(25-11-7-5-8-12-25)26-13-9-6-10-14-26/h5-14,16-19,29,31,33H,3-4,15,20-23H2,1-2H3,(H,34,35). The molecule has 0 aliphatic carbocycles. The van der Waals surface area contributed by atoms with Gasteiger partial charge in [-0.15, -0.1) is 0 Å². The molecule has 186 valence electrons. The number of unbranched alkanes of at least 4 members (excludes halogenated alkanes) is 1. The number of nitrogens with one attached hydrogen (secondary N) is 2. The molecule has 1 saturated heterocycles. The van der Waals surface area contributed by atoms with Crippen LogP contribution < -0.4 is 5.32 Å². The summed E-state index contributed by atoms with van der Waals surface area (Å²) in [7, 11) is 0. The van der Waals surface area contributed by atoms with E-state index in [0.717, 1.165) is 56.8 Å². The van der Waals surface area contributed by atoms with E-state index in [1.807, 2.05) is 0 Å². The van der Waals surface area contributed by atoms with Gasteiger partial charge >= 0.3 is 0 Å². The Labute approximate surface area is 215 Å². The van der Waals surface area contributed by atoms with Crippen LogP contribution in [0.5, 0.6) is 0 Å². The average molecular weight is 479 g/mol. The van der Waals surface area contributed by atoms with Crippen LogP contribution in [0.1, 0.15) is 59.8 Å². The lowest BCUT2D eigenvalue weighted by molar-refractivity contribution is 0.156. The lowest BCUT2D eigenvalue weighted by Gasteiger charge is -2.39. The number of aromatic amines is 1. The molecule has 0 spiro atoms. The zero-order valence-corrected chi connectivity index (χ0v) is 21.6. The van der Waals surface area contributed by atoms with E-state index in [-0.39, 0.29) is 12.0 Å². The number of piperazine rings is 1. The Hall–Kier alpha value is -3.21. The van der Waals surface area contributed by atoms with E-state index >= 15 is 0 Å². The Morgan fingerprint density at radius 2 is 1.44 bits per heavy atom. The minimum atomic E-state index is 0.152. The zero-order chi connectivity index (χ0) is 24.7. The number of rotatable bonds is 9. The van der Waals surface area contributed by atoms with Crippen molar-refractivity contribution < 1.29 is 0 Å². The first kappa shape index (κ1) is 24.5. The predicted molar refractivity (Wildman–Crippen MR) is 149 cm³/mol. The van der Waals surface area contributed by atoms with E-state index in [0.29, 0.717) is 0 Å². The minimum Gasteiger partial charge on any atom is -0.342 e. The Kier molecular flexibility index (Phi) is 7.95. The molecule has 4 heteroatoms. The number of H-pyrrole nitrogens is 1. The van der Waals surface area contributed by atoms with E-state index in [1.165, 1.54) is 28.1 Å². The van der Waals surface area contributed by atoms with Gasteiger partial charge in [0.2, 0.25) is 0 Å². The van der Waals surface area contributed by atoms with Crippen LogP contribution in [0.15, 0.2) is 84.9 Å². The van der Waals surface area contributed by atoms with E-state index in [9.17, 15) is 0 Å². The molecule has 1 aliphatic rings. The molecule has 3 aromatic carbocycles. The molecular weight excluding hydrogens is 440 g/mol. The lowest BCUT2D eigenvalue weighted by Crippen LogP contribution is -2.47. The van der Waals surface area contributed by atoms with Gasteiger partial charge in [0.25, 0.3) is 0 Å². The molecule has 0 saturated carbocycles. The molecule has 1 unspecified atom stereocenters. The van der Waals surface area contributed by atoms with Crippen LogP contribution in [0.2, 0.25) is 0 Å². The van der Waals surface area contributed by atoms with Crippen molar-refractivity contribution in [1.29, 1.82) is 0 Å². The summed E-state index contributed by atoms with van der Waals surface area (Å²) in [5.41, 5.74) is 7.59. The largest absolute Gasteiger partial charge is 0.342 e. The van der Waals surface area contributed by atoms with Crippen LogP contribution in [0.3, 0.4) is 0 Å². The van der Waals surface area contributed by atoms with E-state index < -0.39 is 0 Å². The van der Waals surface area contributed by atoms with Crippen molar-refractivity contribution in [2.75, 3.05) is 26.2 Å². The summed E-state index contributed by atoms with van der Waals surface area (Å²) in [6.45, 7) is 8.44. The number of aromatic nitrogens is 2. The summed E-state index contributed by atoms with van der Waals surface area (Å²) in [6, 6.07) is 30.9. The quantitative estimate of drug-likeness (QED) is 0.288. The fourth-order valence-electron chi connectivity index (χ4n) is 5.44. The van der Waals surface area contributed by atoms with Gasteiger partial charge in [0.1, 0.15) is 5.82 Å². The number of hydrogen-bond acceptors (Lipinski definition) is 3. The van der Waals surface area contributed by atoms with Gasteiger partial charge in [0.05, 0.1) is 11.7 Å². The topological polar surface area (TPSA) is 44.0 Å². The molecule has 0 amide bonds. The third-order valence-electron chi connectivity index (χ3n) is 7.37. The Morgan fingerprint density at radius 1 is 0.833 bits per heavy atom. The Balaban J connectivity index is 1.68. The molecule has 1 fully saturated rings. The number of aryl methyl sites for hydroxylation is 2. The third-order valence-corrected chi connectivity index (χ3v) is 7.37. The van der Waals surface area contributed by atoms with Crippen LogP contribution in [0.4, 0.5) is 0 Å². The Bertz CT molecular complexity index is 1170. The van der Waals surface area contributed by atoms with Gasteiger partial charge in [-0.3, -0.25) is 4.90 Å². The van der Waals surface area contributed by atoms with Crippen molar-refractivity contribution in [2.24, 2.45) is 0 Å². The Morgan fingerprint density at radius 3 is 2.03 bits per heavy atom. The van der Waals surface area contributed by atoms with E-state index in [2.05, 4.69) is 114 Å². The van der Waals surface area contributed by atoms with Gasteiger partial charge in [-0.25, -0.2) is 4.98 Å². The van der Waals surface area contributed by atoms with Crippen molar-refractivity contribution in [3.8, 4) is 11.4 Å². The molecule has 5 rings (SSSR count). The highest BCUT2D eigenvalue weighted by Crippen LogP contribution is 2.42. The van der Waals surface area contributed by atoms with Crippen molar-refractivity contribution >= 4 is 0 Å². The van der Waals surface area contributed by atoms with Gasteiger partial charge in [-0.1, -0.05) is 104 Å². The molecule has 1 aromatic heterocycles. The molecule has 1 aliphatic heterocycles. The van der Waals surface area contributed by atoms with Gasteiger partial charge in [-0.2, -0.15) is 0 Å². The second-order valence-corrected chi connectivity index (χ2v) is 9.95. The van der Waals surface area contributed by atoms with Gasteiger partial charge in [0, 0.05) is 43.4 Å². The van der Waals surface area contributed by atoms with Crippen LogP contribution in [-0.2, 0) is 6.42 Å². The van der Waals surface area contributed by atoms with E-state index in [4.69, 9.17) is 4.98 Å². The summed E-state index contributed by atoms with van der Waals surface area (Å²) >= 11 is 0.